The molecule has 2 N–H and O–H groups in total. The van der Waals surface area contributed by atoms with Crippen molar-refractivity contribution in [3.05, 3.63) is 29.6 Å². The van der Waals surface area contributed by atoms with Crippen LogP contribution >= 0.6 is 0 Å². The number of nitrogens with one attached hydrogen (secondary N) is 2. The van der Waals surface area contributed by atoms with Crippen molar-refractivity contribution in [3.8, 4) is 0 Å². The molecule has 7 nitrogen and oxygen atoms in total. The van der Waals surface area contributed by atoms with Crippen LogP contribution in [-0.2, 0) is 11.3 Å². The highest BCUT2D eigenvalue weighted by atomic mass is 16.6. The molecule has 1 aromatic rings. The number of aryl methyl sites for hydroxylation is 1. The molecule has 2 fully saturated rings. The van der Waals surface area contributed by atoms with E-state index in [-0.39, 0.29) is 18.2 Å². The van der Waals surface area contributed by atoms with Crippen LogP contribution in [-0.4, -0.2) is 52.7 Å². The monoisotopic (exact) mass is 387 g/mol. The third kappa shape index (κ3) is 4.94. The quantitative estimate of drug-likeness (QED) is 0.616. The topological polar surface area (TPSA) is 78.9 Å². The second-order valence-corrected chi connectivity index (χ2v) is 8.78. The first kappa shape index (κ1) is 20.4. The first-order chi connectivity index (χ1) is 13.3. The summed E-state index contributed by atoms with van der Waals surface area (Å²) in [6.07, 6.45) is 5.55. The van der Waals surface area contributed by atoms with Gasteiger partial charge in [-0.1, -0.05) is 6.07 Å². The molecule has 2 unspecified atom stereocenters. The maximum atomic E-state index is 12.6. The summed E-state index contributed by atoms with van der Waals surface area (Å²) in [6, 6.07) is 4.78. The van der Waals surface area contributed by atoms with E-state index in [0.29, 0.717) is 12.6 Å². The number of guanidine groups is 1. The number of fused-ring (bicyclic) bond motifs is 2. The third-order valence-corrected chi connectivity index (χ3v) is 5.44. The minimum atomic E-state index is -0.457. The highest BCUT2D eigenvalue weighted by Gasteiger charge is 2.45. The number of aliphatic imine (C=N–C) groups is 1. The molecule has 0 aliphatic carbocycles. The van der Waals surface area contributed by atoms with E-state index in [0.717, 1.165) is 42.9 Å². The van der Waals surface area contributed by atoms with Gasteiger partial charge in [0, 0.05) is 31.4 Å². The molecule has 0 saturated carbocycles. The summed E-state index contributed by atoms with van der Waals surface area (Å²) in [6.45, 7) is 8.44. The number of carbonyl (C=O) groups is 1. The maximum Gasteiger partial charge on any atom is 0.410 e. The molecule has 0 spiro atoms. The molecular weight excluding hydrogens is 354 g/mol. The van der Waals surface area contributed by atoms with Gasteiger partial charge in [0.1, 0.15) is 5.60 Å². The van der Waals surface area contributed by atoms with Gasteiger partial charge in [-0.05, 0) is 65.0 Å². The second-order valence-electron chi connectivity index (χ2n) is 8.78. The van der Waals surface area contributed by atoms with Gasteiger partial charge in [-0.2, -0.15) is 0 Å². The van der Waals surface area contributed by atoms with Crippen molar-refractivity contribution in [2.24, 2.45) is 4.99 Å². The smallest absolute Gasteiger partial charge is 0.410 e. The number of ether oxygens (including phenoxy) is 1. The van der Waals surface area contributed by atoms with Crippen LogP contribution in [0.5, 0.6) is 0 Å². The molecule has 28 heavy (non-hydrogen) atoms. The van der Waals surface area contributed by atoms with Crippen LogP contribution in [0.3, 0.4) is 0 Å². The lowest BCUT2D eigenvalue weighted by atomic mass is 9.98. The fourth-order valence-electron chi connectivity index (χ4n) is 4.17. The number of pyridine rings is 1. The van der Waals surface area contributed by atoms with E-state index in [9.17, 15) is 4.79 Å². The molecule has 0 radical (unpaired) electrons. The number of hydrogen-bond donors (Lipinski definition) is 2. The van der Waals surface area contributed by atoms with Gasteiger partial charge in [-0.25, -0.2) is 4.79 Å². The van der Waals surface area contributed by atoms with Crippen LogP contribution in [0, 0.1) is 6.92 Å². The van der Waals surface area contributed by atoms with Crippen LogP contribution in [0.2, 0.25) is 0 Å². The van der Waals surface area contributed by atoms with Crippen LogP contribution in [0.25, 0.3) is 0 Å². The fraction of sp³-hybridized carbons (Fsp3) is 0.667. The van der Waals surface area contributed by atoms with Gasteiger partial charge >= 0.3 is 6.09 Å². The first-order valence-corrected chi connectivity index (χ1v) is 10.2. The summed E-state index contributed by atoms with van der Waals surface area (Å²) in [5.41, 5.74) is 1.72. The predicted octanol–water partition coefficient (Wildman–Crippen LogP) is 2.99. The molecule has 3 rings (SSSR count). The number of hydrogen-bond acceptors (Lipinski definition) is 4. The summed E-state index contributed by atoms with van der Waals surface area (Å²) in [4.78, 5) is 23.3. The number of rotatable bonds is 3. The zero-order valence-electron chi connectivity index (χ0n) is 17.7. The molecule has 2 bridgehead atoms. The van der Waals surface area contributed by atoms with Crippen molar-refractivity contribution < 1.29 is 9.53 Å². The van der Waals surface area contributed by atoms with Crippen LogP contribution < -0.4 is 10.6 Å². The van der Waals surface area contributed by atoms with Gasteiger partial charge in [0.2, 0.25) is 0 Å². The van der Waals surface area contributed by atoms with Gasteiger partial charge in [0.05, 0.1) is 12.2 Å². The number of piperidine rings is 1. The Morgan fingerprint density at radius 3 is 2.57 bits per heavy atom. The van der Waals surface area contributed by atoms with Gasteiger partial charge in [-0.15, -0.1) is 0 Å². The predicted molar refractivity (Wildman–Crippen MR) is 110 cm³/mol. The van der Waals surface area contributed by atoms with Crippen molar-refractivity contribution in [2.75, 3.05) is 7.05 Å². The van der Waals surface area contributed by atoms with Crippen LogP contribution in [0.15, 0.2) is 23.3 Å². The highest BCUT2D eigenvalue weighted by Crippen LogP contribution is 2.36. The van der Waals surface area contributed by atoms with E-state index in [1.165, 1.54) is 0 Å². The van der Waals surface area contributed by atoms with Crippen LogP contribution in [0.1, 0.15) is 57.7 Å². The van der Waals surface area contributed by atoms with E-state index >= 15 is 0 Å². The van der Waals surface area contributed by atoms with Crippen molar-refractivity contribution in [2.45, 2.75) is 83.6 Å². The molecule has 2 aliphatic heterocycles. The number of amides is 1. The van der Waals surface area contributed by atoms with Crippen molar-refractivity contribution in [3.63, 3.8) is 0 Å². The average molecular weight is 388 g/mol. The molecule has 2 atom stereocenters. The van der Waals surface area contributed by atoms with E-state index in [2.05, 4.69) is 33.6 Å². The molecule has 0 aromatic carbocycles. The number of aromatic nitrogens is 1. The van der Waals surface area contributed by atoms with E-state index in [4.69, 9.17) is 4.74 Å². The fourth-order valence-corrected chi connectivity index (χ4v) is 4.17. The third-order valence-electron chi connectivity index (χ3n) is 5.44. The molecule has 2 saturated heterocycles. The van der Waals surface area contributed by atoms with Gasteiger partial charge in [0.25, 0.3) is 0 Å². The van der Waals surface area contributed by atoms with E-state index < -0.39 is 5.60 Å². The largest absolute Gasteiger partial charge is 0.444 e. The molecule has 3 heterocycles. The Morgan fingerprint density at radius 2 is 2.00 bits per heavy atom. The molecule has 7 heteroatoms. The molecule has 2 aliphatic rings. The number of carbonyl (C=O) groups excluding carboxylic acids is 1. The minimum absolute atomic E-state index is 0.174. The Bertz CT molecular complexity index is 714. The zero-order valence-corrected chi connectivity index (χ0v) is 17.7. The SMILES string of the molecule is CN=C(NCc1ncccc1C)NC1CC2CCC(C1)N2C(=O)OC(C)(C)C. The molecular formula is C21H33N5O2. The lowest BCUT2D eigenvalue weighted by molar-refractivity contribution is 0.00545. The number of nitrogens with zero attached hydrogens (tertiary/aromatic N) is 3. The van der Waals surface area contributed by atoms with Crippen LogP contribution in [0.4, 0.5) is 4.79 Å². The second kappa shape index (κ2) is 8.37. The average Bonchev–Trinajstić information content (AvgIpc) is 2.89. The van der Waals surface area contributed by atoms with E-state index in [1.54, 1.807) is 7.05 Å². The summed E-state index contributed by atoms with van der Waals surface area (Å²) < 4.78 is 5.62. The Morgan fingerprint density at radius 1 is 1.32 bits per heavy atom. The Kier molecular flexibility index (Phi) is 6.10. The first-order valence-electron chi connectivity index (χ1n) is 10.2. The summed E-state index contributed by atoms with van der Waals surface area (Å²) in [7, 11) is 1.78. The molecule has 1 amide bonds. The van der Waals surface area contributed by atoms with Crippen molar-refractivity contribution in [1.29, 1.82) is 0 Å². The van der Waals surface area contributed by atoms with E-state index in [1.807, 2.05) is 37.9 Å². The standard InChI is InChI=1S/C21H33N5O2/c1-14-7-6-10-23-18(14)13-24-19(22-5)25-15-11-16-8-9-17(12-15)26(16)20(27)28-21(2,3)4/h6-7,10,15-17H,8-9,11-13H2,1-5H3,(H2,22,24,25). The Labute approximate surface area is 168 Å². The summed E-state index contributed by atoms with van der Waals surface area (Å²) >= 11 is 0. The minimum Gasteiger partial charge on any atom is -0.444 e. The lowest BCUT2D eigenvalue weighted by Crippen LogP contribution is -2.54. The van der Waals surface area contributed by atoms with Gasteiger partial charge < -0.3 is 20.3 Å². The maximum absolute atomic E-state index is 12.6. The Balaban J connectivity index is 1.55. The molecule has 154 valence electrons. The lowest BCUT2D eigenvalue weighted by Gasteiger charge is -2.40. The van der Waals surface area contributed by atoms with Gasteiger partial charge in [0.15, 0.2) is 5.96 Å². The molecule has 1 aromatic heterocycles. The normalized spacial score (nSPS) is 24.8. The Hall–Kier alpha value is -2.31. The van der Waals surface area contributed by atoms with Crippen molar-refractivity contribution in [1.82, 2.24) is 20.5 Å². The summed E-state index contributed by atoms with van der Waals surface area (Å²) in [5.74, 6) is 0.778. The highest BCUT2D eigenvalue weighted by molar-refractivity contribution is 5.80. The summed E-state index contributed by atoms with van der Waals surface area (Å²) in [5, 5.41) is 6.90. The zero-order chi connectivity index (χ0) is 20.3. The van der Waals surface area contributed by atoms with Crippen molar-refractivity contribution >= 4 is 12.1 Å². The van der Waals surface area contributed by atoms with Gasteiger partial charge in [-0.3, -0.25) is 9.98 Å².